The zero-order chi connectivity index (χ0) is 24.1. The molecule has 2 aliphatic carbocycles. The number of nitrogens with one attached hydrogen (secondary N) is 1. The molecule has 6 rings (SSSR count). The predicted molar refractivity (Wildman–Crippen MR) is 133 cm³/mol. The summed E-state index contributed by atoms with van der Waals surface area (Å²) in [7, 11) is 1.73. The summed E-state index contributed by atoms with van der Waals surface area (Å²) >= 11 is 0. The van der Waals surface area contributed by atoms with Gasteiger partial charge in [-0.15, -0.1) is 0 Å². The fraction of sp³-hybridized carbons (Fsp3) is 0.333. The van der Waals surface area contributed by atoms with Crippen molar-refractivity contribution in [1.82, 2.24) is 24.6 Å². The van der Waals surface area contributed by atoms with E-state index in [4.69, 9.17) is 14.7 Å². The van der Waals surface area contributed by atoms with Crippen molar-refractivity contribution in [3.63, 3.8) is 0 Å². The fourth-order valence-corrected chi connectivity index (χ4v) is 5.29. The number of anilines is 1. The molecule has 0 radical (unpaired) electrons. The highest BCUT2D eigenvalue weighted by Crippen LogP contribution is 2.45. The number of hydrogen-bond donors (Lipinski definition) is 1. The van der Waals surface area contributed by atoms with Gasteiger partial charge >= 0.3 is 0 Å². The molecule has 1 aromatic carbocycles. The molecular weight excluding hydrogens is 443 g/mol. The highest BCUT2D eigenvalue weighted by Gasteiger charge is 2.30. The Morgan fingerprint density at radius 3 is 2.86 bits per heavy atom. The van der Waals surface area contributed by atoms with Gasteiger partial charge in [0.1, 0.15) is 11.6 Å². The highest BCUT2D eigenvalue weighted by atomic mass is 19.1. The summed E-state index contributed by atoms with van der Waals surface area (Å²) in [5.41, 5.74) is 7.78. The van der Waals surface area contributed by atoms with E-state index in [9.17, 15) is 4.39 Å². The van der Waals surface area contributed by atoms with E-state index in [2.05, 4.69) is 41.4 Å². The number of halogens is 1. The Labute approximate surface area is 203 Å². The van der Waals surface area contributed by atoms with Crippen LogP contribution in [0.15, 0.2) is 48.4 Å². The van der Waals surface area contributed by atoms with Crippen molar-refractivity contribution >= 4 is 17.2 Å². The normalized spacial score (nSPS) is 17.1. The van der Waals surface area contributed by atoms with Crippen LogP contribution in [0, 0.1) is 5.82 Å². The summed E-state index contributed by atoms with van der Waals surface area (Å²) in [6.45, 7) is 4.22. The predicted octanol–water partition coefficient (Wildman–Crippen LogP) is 5.43. The molecule has 0 amide bonds. The quantitative estimate of drug-likeness (QED) is 0.419. The van der Waals surface area contributed by atoms with E-state index in [-0.39, 0.29) is 12.0 Å². The van der Waals surface area contributed by atoms with Crippen LogP contribution >= 0.6 is 0 Å². The van der Waals surface area contributed by atoms with Crippen LogP contribution in [0.4, 0.5) is 10.3 Å². The van der Waals surface area contributed by atoms with Crippen LogP contribution in [-0.2, 0) is 6.42 Å². The Hall–Kier alpha value is -3.81. The average Bonchev–Trinajstić information content (AvgIpc) is 3.45. The first-order valence-corrected chi connectivity index (χ1v) is 12.0. The largest absolute Gasteiger partial charge is 0.496 e. The molecule has 178 valence electrons. The van der Waals surface area contributed by atoms with Gasteiger partial charge in [0.2, 0.25) is 5.95 Å². The number of allylic oxidation sites excluding steroid dienone is 1. The summed E-state index contributed by atoms with van der Waals surface area (Å²) in [5.74, 6) is 1.83. The van der Waals surface area contributed by atoms with Gasteiger partial charge in [-0.1, -0.05) is 31.6 Å². The maximum atomic E-state index is 13.9. The summed E-state index contributed by atoms with van der Waals surface area (Å²) in [4.78, 5) is 13.5. The van der Waals surface area contributed by atoms with E-state index >= 15 is 0 Å². The van der Waals surface area contributed by atoms with E-state index in [0.717, 1.165) is 42.6 Å². The zero-order valence-corrected chi connectivity index (χ0v) is 20.0. The van der Waals surface area contributed by atoms with Crippen LogP contribution in [0.2, 0.25) is 0 Å². The molecular formula is C27H27FN6O. The van der Waals surface area contributed by atoms with E-state index in [1.807, 2.05) is 12.3 Å². The second-order valence-electron chi connectivity index (χ2n) is 9.58. The third-order valence-corrected chi connectivity index (χ3v) is 7.05. The van der Waals surface area contributed by atoms with Crippen LogP contribution in [-0.4, -0.2) is 37.7 Å². The lowest BCUT2D eigenvalue weighted by molar-refractivity contribution is 0.410. The zero-order valence-electron chi connectivity index (χ0n) is 20.0. The van der Waals surface area contributed by atoms with Crippen molar-refractivity contribution in [2.24, 2.45) is 0 Å². The smallest absolute Gasteiger partial charge is 0.228 e. The van der Waals surface area contributed by atoms with E-state index < -0.39 is 5.82 Å². The van der Waals surface area contributed by atoms with Gasteiger partial charge in [-0.2, -0.15) is 14.6 Å². The average molecular weight is 471 g/mol. The van der Waals surface area contributed by atoms with Crippen LogP contribution in [0.3, 0.4) is 0 Å². The number of nitrogens with zero attached hydrogens (tertiary/aromatic N) is 5. The first kappa shape index (κ1) is 21.7. The molecule has 0 aliphatic heterocycles. The fourth-order valence-electron chi connectivity index (χ4n) is 5.29. The van der Waals surface area contributed by atoms with Gasteiger partial charge in [-0.05, 0) is 54.9 Å². The minimum Gasteiger partial charge on any atom is -0.496 e. The second kappa shape index (κ2) is 8.45. The van der Waals surface area contributed by atoms with Crippen molar-refractivity contribution in [3.05, 3.63) is 70.9 Å². The Morgan fingerprint density at radius 2 is 2.06 bits per heavy atom. The molecule has 0 saturated heterocycles. The highest BCUT2D eigenvalue weighted by molar-refractivity contribution is 5.79. The third-order valence-electron chi connectivity index (χ3n) is 7.05. The number of fused-ring (bicyclic) bond motifs is 3. The lowest BCUT2D eigenvalue weighted by atomic mass is 9.88. The number of hydrogen-bond acceptors (Lipinski definition) is 6. The maximum absolute atomic E-state index is 13.9. The van der Waals surface area contributed by atoms with Crippen LogP contribution < -0.4 is 10.1 Å². The number of benzene rings is 1. The van der Waals surface area contributed by atoms with Gasteiger partial charge in [0.05, 0.1) is 19.5 Å². The van der Waals surface area contributed by atoms with E-state index in [1.54, 1.807) is 17.8 Å². The molecule has 0 spiro atoms. The number of pyridine rings is 1. The molecule has 3 aromatic heterocycles. The minimum atomic E-state index is -0.417. The van der Waals surface area contributed by atoms with E-state index in [1.165, 1.54) is 34.5 Å². The molecule has 1 N–H and O–H groups in total. The Kier molecular flexibility index (Phi) is 5.24. The van der Waals surface area contributed by atoms with Crippen molar-refractivity contribution in [2.45, 2.75) is 51.5 Å². The monoisotopic (exact) mass is 470 g/mol. The molecule has 0 bridgehead atoms. The standard InChI is InChI=1S/C27H27FN6O/c1-15(2)23-14-30-34-26(23)32-25(17-9-18(28)13-29-12-17)33-27(34)31-19-8-7-16-10-22-20(21(16)11-19)5-4-6-24(22)35-3/h4-6,9,12-15,19H,7-8,10-11H2,1-3H3,(H,31,32,33)/t19-/m0/s1. The van der Waals surface area contributed by atoms with Crippen molar-refractivity contribution in [2.75, 3.05) is 12.4 Å². The lowest BCUT2D eigenvalue weighted by Gasteiger charge is -2.26. The summed E-state index contributed by atoms with van der Waals surface area (Å²) in [6.07, 6.45) is 8.50. The van der Waals surface area contributed by atoms with Crippen LogP contribution in [0.1, 0.15) is 55.7 Å². The second-order valence-corrected chi connectivity index (χ2v) is 9.58. The van der Waals surface area contributed by atoms with Gasteiger partial charge in [0, 0.05) is 28.9 Å². The summed E-state index contributed by atoms with van der Waals surface area (Å²) in [5, 5.41) is 8.24. The summed E-state index contributed by atoms with van der Waals surface area (Å²) < 4.78 is 21.3. The topological polar surface area (TPSA) is 77.2 Å². The summed E-state index contributed by atoms with van der Waals surface area (Å²) in [6, 6.07) is 7.90. The molecule has 0 saturated carbocycles. The molecule has 8 heteroatoms. The van der Waals surface area contributed by atoms with Gasteiger partial charge < -0.3 is 10.1 Å². The SMILES string of the molecule is COc1cccc2c1CC1=C2C[C@@H](Nc2nc(-c3cncc(F)c3)nc3c(C(C)C)cnn23)CC1. The molecule has 4 aromatic rings. The first-order valence-electron chi connectivity index (χ1n) is 12.0. The number of rotatable bonds is 5. The van der Waals surface area contributed by atoms with Crippen LogP contribution in [0.5, 0.6) is 5.75 Å². The Bertz CT molecular complexity index is 1470. The molecule has 0 unspecified atom stereocenters. The van der Waals surface area contributed by atoms with Crippen molar-refractivity contribution in [1.29, 1.82) is 0 Å². The molecule has 3 heterocycles. The molecule has 7 nitrogen and oxygen atoms in total. The van der Waals surface area contributed by atoms with E-state index in [0.29, 0.717) is 17.3 Å². The van der Waals surface area contributed by atoms with Gasteiger partial charge in [-0.25, -0.2) is 9.37 Å². The number of aromatic nitrogens is 5. The third kappa shape index (κ3) is 3.73. The Balaban J connectivity index is 1.37. The van der Waals surface area contributed by atoms with Gasteiger partial charge in [0.15, 0.2) is 11.5 Å². The number of methoxy groups -OCH3 is 1. The lowest BCUT2D eigenvalue weighted by Crippen LogP contribution is -2.25. The van der Waals surface area contributed by atoms with Crippen molar-refractivity contribution in [3.8, 4) is 17.1 Å². The molecule has 0 fully saturated rings. The van der Waals surface area contributed by atoms with Crippen LogP contribution in [0.25, 0.3) is 22.6 Å². The molecule has 35 heavy (non-hydrogen) atoms. The first-order chi connectivity index (χ1) is 17.0. The molecule has 2 aliphatic rings. The maximum Gasteiger partial charge on any atom is 0.228 e. The van der Waals surface area contributed by atoms with Gasteiger partial charge in [0.25, 0.3) is 0 Å². The van der Waals surface area contributed by atoms with Gasteiger partial charge in [-0.3, -0.25) is 4.98 Å². The van der Waals surface area contributed by atoms with Crippen molar-refractivity contribution < 1.29 is 9.13 Å². The Morgan fingerprint density at radius 1 is 1.17 bits per heavy atom. The minimum absolute atomic E-state index is 0.189. The number of ether oxygens (including phenoxy) is 1. The molecule has 1 atom stereocenters.